The molecule has 1 amide bonds. The molecule has 0 saturated carbocycles. The smallest absolute Gasteiger partial charge is 0.308 e. The Morgan fingerprint density at radius 1 is 0.886 bits per heavy atom. The second kappa shape index (κ2) is 11.2. The molecule has 4 aromatic rings. The van der Waals surface area contributed by atoms with Gasteiger partial charge < -0.3 is 9.64 Å². The van der Waals surface area contributed by atoms with Crippen molar-refractivity contribution in [3.63, 3.8) is 0 Å². The summed E-state index contributed by atoms with van der Waals surface area (Å²) >= 11 is 0. The quantitative estimate of drug-likeness (QED) is 0.347. The van der Waals surface area contributed by atoms with Gasteiger partial charge in [0.05, 0.1) is 23.7 Å². The standard InChI is InChI=1S/C28H27N3O4/c1-21(35-26(32)16-17-30-20-29-25-15-9-8-14-24(25)28(30)34)27(33)31(18-22-10-4-2-5-11-22)19-23-12-6-3-7-13-23/h2-15,20-21H,16-19H2,1H3. The Labute approximate surface area is 203 Å². The summed E-state index contributed by atoms with van der Waals surface area (Å²) in [5.41, 5.74) is 2.36. The van der Waals surface area contributed by atoms with Crippen LogP contribution < -0.4 is 5.56 Å². The molecule has 0 radical (unpaired) electrons. The molecule has 1 atom stereocenters. The van der Waals surface area contributed by atoms with Gasteiger partial charge in [-0.25, -0.2) is 4.98 Å². The Hall–Kier alpha value is -4.26. The molecule has 7 heteroatoms. The molecule has 0 saturated heterocycles. The minimum Gasteiger partial charge on any atom is -0.452 e. The van der Waals surface area contributed by atoms with Crippen LogP contribution in [0.25, 0.3) is 10.9 Å². The SMILES string of the molecule is CC(OC(=O)CCn1cnc2ccccc2c1=O)C(=O)N(Cc1ccccc1)Cc1ccccc1. The minimum absolute atomic E-state index is 0.0467. The number of para-hydroxylation sites is 1. The first-order chi connectivity index (χ1) is 17.0. The van der Waals surface area contributed by atoms with E-state index in [1.54, 1.807) is 30.0 Å². The predicted octanol–water partition coefficient (Wildman–Crippen LogP) is 3.95. The van der Waals surface area contributed by atoms with Crippen molar-refractivity contribution in [3.8, 4) is 0 Å². The Kier molecular flexibility index (Phi) is 7.67. The molecular formula is C28H27N3O4. The van der Waals surface area contributed by atoms with Gasteiger partial charge >= 0.3 is 5.97 Å². The number of benzene rings is 3. The van der Waals surface area contributed by atoms with Gasteiger partial charge in [-0.05, 0) is 30.2 Å². The summed E-state index contributed by atoms with van der Waals surface area (Å²) < 4.78 is 6.83. The van der Waals surface area contributed by atoms with E-state index in [2.05, 4.69) is 4.98 Å². The zero-order valence-corrected chi connectivity index (χ0v) is 19.5. The Bertz CT molecular complexity index is 1310. The van der Waals surface area contributed by atoms with Crippen LogP contribution in [-0.2, 0) is 34.0 Å². The molecule has 1 unspecified atom stereocenters. The molecular weight excluding hydrogens is 442 g/mol. The molecule has 0 bridgehead atoms. The highest BCUT2D eigenvalue weighted by Crippen LogP contribution is 2.13. The third-order valence-corrected chi connectivity index (χ3v) is 5.69. The third-order valence-electron chi connectivity index (χ3n) is 5.69. The summed E-state index contributed by atoms with van der Waals surface area (Å²) in [7, 11) is 0. The number of hydrogen-bond acceptors (Lipinski definition) is 5. The lowest BCUT2D eigenvalue weighted by molar-refractivity contribution is -0.159. The number of carbonyl (C=O) groups is 2. The third kappa shape index (κ3) is 6.20. The van der Waals surface area contributed by atoms with Crippen LogP contribution in [-0.4, -0.2) is 32.4 Å². The van der Waals surface area contributed by atoms with Crippen LogP contribution >= 0.6 is 0 Å². The van der Waals surface area contributed by atoms with Gasteiger partial charge in [-0.3, -0.25) is 19.0 Å². The average molecular weight is 470 g/mol. The molecule has 0 aliphatic rings. The summed E-state index contributed by atoms with van der Waals surface area (Å²) in [5.74, 6) is -0.833. The van der Waals surface area contributed by atoms with Crippen LogP contribution in [0.3, 0.4) is 0 Å². The maximum absolute atomic E-state index is 13.2. The van der Waals surface area contributed by atoms with Crippen LogP contribution in [0.4, 0.5) is 0 Å². The van der Waals surface area contributed by atoms with Gasteiger partial charge in [-0.15, -0.1) is 0 Å². The normalized spacial score (nSPS) is 11.7. The largest absolute Gasteiger partial charge is 0.452 e. The number of fused-ring (bicyclic) bond motifs is 1. The summed E-state index contributed by atoms with van der Waals surface area (Å²) in [4.78, 5) is 44.3. The number of aromatic nitrogens is 2. The fraction of sp³-hybridized carbons (Fsp3) is 0.214. The second-order valence-corrected chi connectivity index (χ2v) is 8.31. The summed E-state index contributed by atoms with van der Waals surface area (Å²) in [6.07, 6.45) is 0.421. The van der Waals surface area contributed by atoms with Crippen LogP contribution in [0, 0.1) is 0 Å². The van der Waals surface area contributed by atoms with E-state index in [1.165, 1.54) is 10.9 Å². The molecule has 0 fully saturated rings. The van der Waals surface area contributed by atoms with Gasteiger partial charge in [0.15, 0.2) is 6.10 Å². The fourth-order valence-electron chi connectivity index (χ4n) is 3.86. The van der Waals surface area contributed by atoms with Crippen LogP contribution in [0.2, 0.25) is 0 Å². The summed E-state index contributed by atoms with van der Waals surface area (Å²) in [6, 6.07) is 26.4. The first-order valence-electron chi connectivity index (χ1n) is 11.5. The van der Waals surface area contributed by atoms with Gasteiger partial charge in [-0.2, -0.15) is 0 Å². The molecule has 1 heterocycles. The van der Waals surface area contributed by atoms with Crippen molar-refractivity contribution in [3.05, 3.63) is 113 Å². The lowest BCUT2D eigenvalue weighted by Crippen LogP contribution is -2.39. The molecule has 0 aliphatic carbocycles. The van der Waals surface area contributed by atoms with E-state index in [0.29, 0.717) is 24.0 Å². The number of carbonyl (C=O) groups excluding carboxylic acids is 2. The predicted molar refractivity (Wildman–Crippen MR) is 133 cm³/mol. The van der Waals surface area contributed by atoms with E-state index >= 15 is 0 Å². The average Bonchev–Trinajstić information content (AvgIpc) is 2.89. The lowest BCUT2D eigenvalue weighted by atomic mass is 10.1. The first kappa shape index (κ1) is 23.9. The zero-order chi connectivity index (χ0) is 24.6. The molecule has 3 aromatic carbocycles. The number of aryl methyl sites for hydroxylation is 1. The maximum Gasteiger partial charge on any atom is 0.308 e. The fourth-order valence-corrected chi connectivity index (χ4v) is 3.86. The number of hydrogen-bond donors (Lipinski definition) is 0. The monoisotopic (exact) mass is 469 g/mol. The van der Waals surface area contributed by atoms with Crippen molar-refractivity contribution in [2.45, 2.75) is 39.1 Å². The van der Waals surface area contributed by atoms with Crippen molar-refractivity contribution >= 4 is 22.8 Å². The second-order valence-electron chi connectivity index (χ2n) is 8.31. The topological polar surface area (TPSA) is 81.5 Å². The highest BCUT2D eigenvalue weighted by atomic mass is 16.5. The Morgan fingerprint density at radius 3 is 2.09 bits per heavy atom. The summed E-state index contributed by atoms with van der Waals surface area (Å²) in [6.45, 7) is 2.49. The number of rotatable bonds is 9. The molecule has 0 aliphatic heterocycles. The van der Waals surface area contributed by atoms with E-state index in [4.69, 9.17) is 4.74 Å². The molecule has 0 spiro atoms. The van der Waals surface area contributed by atoms with Gasteiger partial charge in [0.25, 0.3) is 11.5 Å². The first-order valence-corrected chi connectivity index (χ1v) is 11.5. The molecule has 0 N–H and O–H groups in total. The van der Waals surface area contributed by atoms with Crippen molar-refractivity contribution in [1.29, 1.82) is 0 Å². The van der Waals surface area contributed by atoms with E-state index in [-0.39, 0.29) is 24.4 Å². The molecule has 1 aromatic heterocycles. The molecule has 178 valence electrons. The van der Waals surface area contributed by atoms with E-state index in [1.807, 2.05) is 66.7 Å². The molecule has 35 heavy (non-hydrogen) atoms. The minimum atomic E-state index is -0.957. The highest BCUT2D eigenvalue weighted by molar-refractivity contribution is 5.83. The van der Waals surface area contributed by atoms with Crippen LogP contribution in [0.1, 0.15) is 24.5 Å². The van der Waals surface area contributed by atoms with E-state index in [0.717, 1.165) is 11.1 Å². The van der Waals surface area contributed by atoms with Crippen LogP contribution in [0.5, 0.6) is 0 Å². The number of nitrogens with zero attached hydrogens (tertiary/aromatic N) is 3. The van der Waals surface area contributed by atoms with Gasteiger partial charge in [0, 0.05) is 19.6 Å². The van der Waals surface area contributed by atoms with E-state index < -0.39 is 12.1 Å². The van der Waals surface area contributed by atoms with Gasteiger partial charge in [-0.1, -0.05) is 72.8 Å². The van der Waals surface area contributed by atoms with Gasteiger partial charge in [0.1, 0.15) is 0 Å². The lowest BCUT2D eigenvalue weighted by Gasteiger charge is -2.26. The van der Waals surface area contributed by atoms with Crippen LogP contribution in [0.15, 0.2) is 96.1 Å². The number of amides is 1. The van der Waals surface area contributed by atoms with E-state index in [9.17, 15) is 14.4 Å². The number of ether oxygens (including phenoxy) is 1. The van der Waals surface area contributed by atoms with Crippen molar-refractivity contribution in [1.82, 2.24) is 14.5 Å². The Morgan fingerprint density at radius 2 is 1.46 bits per heavy atom. The van der Waals surface area contributed by atoms with Crippen molar-refractivity contribution in [2.24, 2.45) is 0 Å². The number of esters is 1. The zero-order valence-electron chi connectivity index (χ0n) is 19.5. The Balaban J connectivity index is 1.40. The summed E-state index contributed by atoms with van der Waals surface area (Å²) in [5, 5.41) is 0.490. The maximum atomic E-state index is 13.2. The van der Waals surface area contributed by atoms with Crippen molar-refractivity contribution < 1.29 is 14.3 Å². The molecule has 7 nitrogen and oxygen atoms in total. The van der Waals surface area contributed by atoms with Gasteiger partial charge in [0.2, 0.25) is 0 Å². The van der Waals surface area contributed by atoms with Crippen molar-refractivity contribution in [2.75, 3.05) is 0 Å². The highest BCUT2D eigenvalue weighted by Gasteiger charge is 2.24. The molecule has 4 rings (SSSR count).